The number of nitrogens with zero attached hydrogens (tertiary/aromatic N) is 8. The predicted octanol–water partition coefficient (Wildman–Crippen LogP) is 4.39. The SMILES string of the molecule is Cn1nccc1-c1cc2cnc(Nc3cccc(Cn4ccnc4)c3)nc2cc1OCc1cnccn1. The third-order valence-corrected chi connectivity index (χ3v) is 5.88. The number of anilines is 2. The quantitative estimate of drug-likeness (QED) is 0.335. The molecule has 10 heteroatoms. The molecular weight excluding hydrogens is 466 g/mol. The Morgan fingerprint density at radius 3 is 2.73 bits per heavy atom. The van der Waals surface area contributed by atoms with Crippen LogP contribution in [-0.4, -0.2) is 39.3 Å². The Hall–Kier alpha value is -5.12. The molecule has 6 aromatic rings. The molecule has 1 N–H and O–H groups in total. The zero-order valence-electron chi connectivity index (χ0n) is 20.1. The molecule has 4 aromatic heterocycles. The summed E-state index contributed by atoms with van der Waals surface area (Å²) in [5, 5.41) is 8.53. The van der Waals surface area contributed by atoms with Crippen LogP contribution in [0.1, 0.15) is 11.3 Å². The maximum atomic E-state index is 6.20. The molecule has 6 rings (SSSR count). The number of imidazole rings is 1. The average Bonchev–Trinajstić information content (AvgIpc) is 3.59. The highest BCUT2D eigenvalue weighted by molar-refractivity contribution is 5.88. The van der Waals surface area contributed by atoms with E-state index in [0.717, 1.165) is 45.6 Å². The van der Waals surface area contributed by atoms with Gasteiger partial charge in [-0.15, -0.1) is 0 Å². The summed E-state index contributed by atoms with van der Waals surface area (Å²) in [5.74, 6) is 1.18. The fourth-order valence-corrected chi connectivity index (χ4v) is 4.10. The van der Waals surface area contributed by atoms with Crippen molar-refractivity contribution in [1.82, 2.24) is 39.3 Å². The van der Waals surface area contributed by atoms with Gasteiger partial charge in [0, 0.05) is 73.5 Å². The van der Waals surface area contributed by atoms with Crippen LogP contribution in [0.25, 0.3) is 22.2 Å². The van der Waals surface area contributed by atoms with Crippen molar-refractivity contribution >= 4 is 22.5 Å². The fourth-order valence-electron chi connectivity index (χ4n) is 4.10. The number of ether oxygens (including phenoxy) is 1. The highest BCUT2D eigenvalue weighted by atomic mass is 16.5. The first kappa shape index (κ1) is 22.4. The van der Waals surface area contributed by atoms with Crippen LogP contribution in [0.3, 0.4) is 0 Å². The van der Waals surface area contributed by atoms with Gasteiger partial charge < -0.3 is 14.6 Å². The fraction of sp³-hybridized carbons (Fsp3) is 0.111. The minimum atomic E-state index is 0.282. The first-order valence-electron chi connectivity index (χ1n) is 11.7. The largest absolute Gasteiger partial charge is 0.486 e. The molecule has 2 aromatic carbocycles. The molecule has 0 aliphatic rings. The van der Waals surface area contributed by atoms with Crippen LogP contribution in [0, 0.1) is 0 Å². The summed E-state index contributed by atoms with van der Waals surface area (Å²) in [4.78, 5) is 21.9. The van der Waals surface area contributed by atoms with E-state index in [2.05, 4.69) is 42.5 Å². The van der Waals surface area contributed by atoms with Crippen molar-refractivity contribution < 1.29 is 4.74 Å². The smallest absolute Gasteiger partial charge is 0.227 e. The van der Waals surface area contributed by atoms with Crippen LogP contribution in [0.4, 0.5) is 11.6 Å². The van der Waals surface area contributed by atoms with Crippen molar-refractivity contribution in [2.75, 3.05) is 5.32 Å². The van der Waals surface area contributed by atoms with Crippen LogP contribution >= 0.6 is 0 Å². The van der Waals surface area contributed by atoms with E-state index in [1.54, 1.807) is 37.3 Å². The van der Waals surface area contributed by atoms with Crippen LogP contribution in [0.5, 0.6) is 5.75 Å². The Labute approximate surface area is 212 Å². The van der Waals surface area contributed by atoms with Crippen molar-refractivity contribution in [3.8, 4) is 17.0 Å². The second kappa shape index (κ2) is 9.86. The van der Waals surface area contributed by atoms with E-state index in [9.17, 15) is 0 Å². The number of fused-ring (bicyclic) bond motifs is 1. The predicted molar refractivity (Wildman–Crippen MR) is 139 cm³/mol. The lowest BCUT2D eigenvalue weighted by Crippen LogP contribution is -2.03. The molecule has 0 saturated heterocycles. The lowest BCUT2D eigenvalue weighted by molar-refractivity contribution is 0.302. The second-order valence-electron chi connectivity index (χ2n) is 8.49. The Morgan fingerprint density at radius 2 is 1.92 bits per heavy atom. The number of hydrogen-bond donors (Lipinski definition) is 1. The number of nitrogens with one attached hydrogen (secondary N) is 1. The van der Waals surface area contributed by atoms with Gasteiger partial charge in [-0.3, -0.25) is 14.6 Å². The van der Waals surface area contributed by atoms with Gasteiger partial charge in [-0.05, 0) is 29.8 Å². The molecule has 182 valence electrons. The molecule has 0 bridgehead atoms. The normalized spacial score (nSPS) is 11.1. The standard InChI is InChI=1S/C27H23N9O/c1-35-25(5-6-32-35)23-12-20-14-31-27(33-21-4-2-3-19(11-21)16-36-10-9-29-18-36)34-24(20)13-26(23)37-17-22-15-28-7-8-30-22/h2-15,18H,16-17H2,1H3,(H,31,33,34). The third-order valence-electron chi connectivity index (χ3n) is 5.88. The van der Waals surface area contributed by atoms with E-state index in [1.165, 1.54) is 0 Å². The molecule has 0 radical (unpaired) electrons. The molecule has 0 spiro atoms. The molecule has 0 aliphatic carbocycles. The molecule has 10 nitrogen and oxygen atoms in total. The maximum Gasteiger partial charge on any atom is 0.227 e. The van der Waals surface area contributed by atoms with E-state index < -0.39 is 0 Å². The Morgan fingerprint density at radius 1 is 0.946 bits per heavy atom. The first-order valence-corrected chi connectivity index (χ1v) is 11.7. The van der Waals surface area contributed by atoms with Gasteiger partial charge in [0.05, 0.1) is 29.4 Å². The van der Waals surface area contributed by atoms with Crippen molar-refractivity contribution in [3.05, 3.63) is 103 Å². The molecule has 0 amide bonds. The topological polar surface area (TPSA) is 108 Å². The summed E-state index contributed by atoms with van der Waals surface area (Å²) in [5.41, 5.74) is 5.36. The lowest BCUT2D eigenvalue weighted by Gasteiger charge is -2.14. The van der Waals surface area contributed by atoms with Crippen molar-refractivity contribution in [1.29, 1.82) is 0 Å². The summed E-state index contributed by atoms with van der Waals surface area (Å²) in [6.45, 7) is 1.02. The van der Waals surface area contributed by atoms with Gasteiger partial charge in [-0.2, -0.15) is 5.10 Å². The molecule has 0 saturated carbocycles. The summed E-state index contributed by atoms with van der Waals surface area (Å²) < 4.78 is 10.0. The van der Waals surface area contributed by atoms with Gasteiger partial charge in [0.25, 0.3) is 0 Å². The Kier molecular flexibility index (Phi) is 5.96. The van der Waals surface area contributed by atoms with Crippen molar-refractivity contribution in [2.45, 2.75) is 13.2 Å². The average molecular weight is 490 g/mol. The van der Waals surface area contributed by atoms with Gasteiger partial charge in [-0.1, -0.05) is 12.1 Å². The van der Waals surface area contributed by atoms with E-state index in [4.69, 9.17) is 9.72 Å². The van der Waals surface area contributed by atoms with E-state index in [-0.39, 0.29) is 6.61 Å². The molecular formula is C27H23N9O. The zero-order valence-corrected chi connectivity index (χ0v) is 20.1. The summed E-state index contributed by atoms with van der Waals surface area (Å²) in [7, 11) is 1.90. The van der Waals surface area contributed by atoms with Gasteiger partial charge in [0.1, 0.15) is 12.4 Å². The molecule has 0 fully saturated rings. The van der Waals surface area contributed by atoms with Gasteiger partial charge in [0.15, 0.2) is 0 Å². The number of hydrogen-bond acceptors (Lipinski definition) is 8. The minimum Gasteiger partial charge on any atom is -0.486 e. The summed E-state index contributed by atoms with van der Waals surface area (Å²) >= 11 is 0. The van der Waals surface area contributed by atoms with Crippen LogP contribution in [0.2, 0.25) is 0 Å². The molecule has 37 heavy (non-hydrogen) atoms. The van der Waals surface area contributed by atoms with Gasteiger partial charge in [0.2, 0.25) is 5.95 Å². The van der Waals surface area contributed by atoms with E-state index in [1.807, 2.05) is 59.0 Å². The van der Waals surface area contributed by atoms with E-state index in [0.29, 0.717) is 11.7 Å². The summed E-state index contributed by atoms with van der Waals surface area (Å²) in [6, 6.07) is 14.1. The second-order valence-corrected chi connectivity index (χ2v) is 8.49. The van der Waals surface area contributed by atoms with Crippen molar-refractivity contribution in [2.24, 2.45) is 7.05 Å². The summed E-state index contributed by atoms with van der Waals surface area (Å²) in [6.07, 6.45) is 14.1. The van der Waals surface area contributed by atoms with Gasteiger partial charge >= 0.3 is 0 Å². The number of aryl methyl sites for hydroxylation is 1. The molecule has 0 atom stereocenters. The third kappa shape index (κ3) is 4.98. The number of rotatable bonds is 8. The highest BCUT2D eigenvalue weighted by Crippen LogP contribution is 2.34. The van der Waals surface area contributed by atoms with Crippen molar-refractivity contribution in [3.63, 3.8) is 0 Å². The Bertz CT molecular complexity index is 1650. The van der Waals surface area contributed by atoms with Crippen LogP contribution < -0.4 is 10.1 Å². The Balaban J connectivity index is 1.31. The highest BCUT2D eigenvalue weighted by Gasteiger charge is 2.14. The maximum absolute atomic E-state index is 6.20. The number of benzene rings is 2. The van der Waals surface area contributed by atoms with E-state index >= 15 is 0 Å². The molecule has 0 unspecified atom stereocenters. The van der Waals surface area contributed by atoms with Crippen LogP contribution in [0.15, 0.2) is 92.2 Å². The lowest BCUT2D eigenvalue weighted by atomic mass is 10.1. The first-order chi connectivity index (χ1) is 18.2. The zero-order chi connectivity index (χ0) is 25.0. The van der Waals surface area contributed by atoms with Crippen LogP contribution in [-0.2, 0) is 20.2 Å². The van der Waals surface area contributed by atoms with Gasteiger partial charge in [-0.25, -0.2) is 15.0 Å². The minimum absolute atomic E-state index is 0.282. The monoisotopic (exact) mass is 489 g/mol. The number of aromatic nitrogens is 8. The molecule has 0 aliphatic heterocycles. The molecule has 4 heterocycles.